The Morgan fingerprint density at radius 1 is 1.35 bits per heavy atom. The molecule has 0 saturated heterocycles. The summed E-state index contributed by atoms with van der Waals surface area (Å²) in [7, 11) is 0. The van der Waals surface area contributed by atoms with Crippen molar-refractivity contribution in [2.75, 3.05) is 6.61 Å². The van der Waals surface area contributed by atoms with Gasteiger partial charge in [0.15, 0.2) is 0 Å². The maximum absolute atomic E-state index is 6.44. The van der Waals surface area contributed by atoms with Gasteiger partial charge < -0.3 is 10.5 Å². The number of nitrogens with zero attached hydrogens (tertiary/aromatic N) is 2. The molecule has 0 spiro atoms. The van der Waals surface area contributed by atoms with Gasteiger partial charge in [0.25, 0.3) is 0 Å². The first-order valence-electron chi connectivity index (χ1n) is 6.81. The first-order valence-corrected chi connectivity index (χ1v) is 7.58. The summed E-state index contributed by atoms with van der Waals surface area (Å²) in [4.78, 5) is 1.05. The van der Waals surface area contributed by atoms with Crippen molar-refractivity contribution in [1.82, 2.24) is 9.59 Å². The minimum atomic E-state index is -0.171. The molecule has 106 valence electrons. The number of rotatable bonds is 2. The van der Waals surface area contributed by atoms with E-state index in [0.717, 1.165) is 34.9 Å². The van der Waals surface area contributed by atoms with Crippen molar-refractivity contribution >= 4 is 11.5 Å². The van der Waals surface area contributed by atoms with Gasteiger partial charge in [0, 0.05) is 11.8 Å². The van der Waals surface area contributed by atoms with Crippen molar-refractivity contribution in [2.24, 2.45) is 5.73 Å². The standard InChI is InChI=1S/C15H19N3OS/c1-15(2,3)14-13(20-18-17-14)12(16)10-4-5-11-9(8-10)6-7-19-11/h4-5,8,12H,6-7,16H2,1-3H3. The van der Waals surface area contributed by atoms with E-state index < -0.39 is 0 Å². The first kappa shape index (κ1) is 13.5. The topological polar surface area (TPSA) is 61.0 Å². The van der Waals surface area contributed by atoms with E-state index in [-0.39, 0.29) is 11.5 Å². The highest BCUT2D eigenvalue weighted by Crippen LogP contribution is 2.34. The van der Waals surface area contributed by atoms with Crippen LogP contribution in [0.2, 0.25) is 0 Å². The summed E-state index contributed by atoms with van der Waals surface area (Å²) in [6, 6.07) is 6.04. The molecule has 2 N–H and O–H groups in total. The van der Waals surface area contributed by atoms with Crippen LogP contribution in [-0.2, 0) is 11.8 Å². The molecule has 1 atom stereocenters. The Labute approximate surface area is 123 Å². The molecule has 0 bridgehead atoms. The Morgan fingerprint density at radius 2 is 2.15 bits per heavy atom. The zero-order valence-electron chi connectivity index (χ0n) is 12.0. The van der Waals surface area contributed by atoms with Gasteiger partial charge in [-0.3, -0.25) is 0 Å². The third kappa shape index (κ3) is 2.31. The Bertz CT molecular complexity index is 630. The quantitative estimate of drug-likeness (QED) is 0.923. The van der Waals surface area contributed by atoms with E-state index in [1.165, 1.54) is 17.1 Å². The van der Waals surface area contributed by atoms with E-state index in [1.54, 1.807) is 0 Å². The average molecular weight is 289 g/mol. The zero-order valence-corrected chi connectivity index (χ0v) is 12.8. The number of benzene rings is 1. The van der Waals surface area contributed by atoms with E-state index in [2.05, 4.69) is 36.4 Å². The van der Waals surface area contributed by atoms with Crippen LogP contribution in [0.25, 0.3) is 0 Å². The smallest absolute Gasteiger partial charge is 0.122 e. The molecule has 0 fully saturated rings. The van der Waals surface area contributed by atoms with Gasteiger partial charge in [-0.1, -0.05) is 37.4 Å². The van der Waals surface area contributed by atoms with Crippen LogP contribution in [0.4, 0.5) is 0 Å². The maximum Gasteiger partial charge on any atom is 0.122 e. The highest BCUT2D eigenvalue weighted by Gasteiger charge is 2.27. The molecule has 5 heteroatoms. The van der Waals surface area contributed by atoms with Gasteiger partial charge in [-0.2, -0.15) is 0 Å². The van der Waals surface area contributed by atoms with E-state index in [4.69, 9.17) is 10.5 Å². The fourth-order valence-corrected chi connectivity index (χ4v) is 3.37. The van der Waals surface area contributed by atoms with Gasteiger partial charge in [-0.05, 0) is 28.7 Å². The fraction of sp³-hybridized carbons (Fsp3) is 0.467. The van der Waals surface area contributed by atoms with Crippen LogP contribution in [0.15, 0.2) is 18.2 Å². The van der Waals surface area contributed by atoms with Crippen LogP contribution in [0.3, 0.4) is 0 Å². The van der Waals surface area contributed by atoms with Crippen LogP contribution >= 0.6 is 11.5 Å². The zero-order chi connectivity index (χ0) is 14.3. The molecule has 0 radical (unpaired) electrons. The average Bonchev–Trinajstić information content (AvgIpc) is 3.05. The molecule has 0 amide bonds. The lowest BCUT2D eigenvalue weighted by atomic mass is 9.89. The second-order valence-corrected chi connectivity index (χ2v) is 6.96. The molecule has 1 aromatic carbocycles. The number of aromatic nitrogens is 2. The summed E-state index contributed by atoms with van der Waals surface area (Å²) >= 11 is 1.40. The minimum Gasteiger partial charge on any atom is -0.493 e. The lowest BCUT2D eigenvalue weighted by molar-refractivity contribution is 0.357. The molecule has 0 saturated carbocycles. The summed E-state index contributed by atoms with van der Waals surface area (Å²) < 4.78 is 9.63. The molecule has 20 heavy (non-hydrogen) atoms. The molecule has 1 aliphatic rings. The normalized spacial score (nSPS) is 15.8. The van der Waals surface area contributed by atoms with Crippen LogP contribution in [0.1, 0.15) is 48.5 Å². The van der Waals surface area contributed by atoms with Crippen molar-refractivity contribution in [3.8, 4) is 5.75 Å². The van der Waals surface area contributed by atoms with Gasteiger partial charge >= 0.3 is 0 Å². The first-order chi connectivity index (χ1) is 9.47. The lowest BCUT2D eigenvalue weighted by Gasteiger charge is -2.20. The van der Waals surface area contributed by atoms with Gasteiger partial charge in [0.05, 0.1) is 23.2 Å². The number of hydrogen-bond acceptors (Lipinski definition) is 5. The second kappa shape index (κ2) is 4.82. The second-order valence-electron chi connectivity index (χ2n) is 6.18. The predicted octanol–water partition coefficient (Wildman–Crippen LogP) is 2.82. The molecule has 0 aliphatic carbocycles. The molecule has 4 nitrogen and oxygen atoms in total. The molecule has 1 unspecified atom stereocenters. The molecule has 2 aromatic rings. The summed E-state index contributed by atoms with van der Waals surface area (Å²) in [5.41, 5.74) is 9.74. The summed E-state index contributed by atoms with van der Waals surface area (Å²) in [6.07, 6.45) is 0.961. The number of fused-ring (bicyclic) bond motifs is 1. The Morgan fingerprint density at radius 3 is 2.90 bits per heavy atom. The van der Waals surface area contributed by atoms with Gasteiger partial charge in [-0.15, -0.1) is 5.10 Å². The SMILES string of the molecule is CC(C)(C)c1nnsc1C(N)c1ccc2c(c1)CCO2. The highest BCUT2D eigenvalue weighted by molar-refractivity contribution is 7.05. The Balaban J connectivity index is 1.97. The van der Waals surface area contributed by atoms with E-state index in [1.807, 2.05) is 12.1 Å². The molecule has 1 aliphatic heterocycles. The van der Waals surface area contributed by atoms with Crippen molar-refractivity contribution in [3.05, 3.63) is 39.9 Å². The minimum absolute atomic E-state index is 0.0419. The fourth-order valence-electron chi connectivity index (χ4n) is 2.47. The summed E-state index contributed by atoms with van der Waals surface area (Å²) in [6.45, 7) is 7.17. The third-order valence-corrected chi connectivity index (χ3v) is 4.39. The van der Waals surface area contributed by atoms with Gasteiger partial charge in [0.2, 0.25) is 0 Å². The third-order valence-electron chi connectivity index (χ3n) is 3.58. The van der Waals surface area contributed by atoms with Crippen LogP contribution in [0, 0.1) is 0 Å². The van der Waals surface area contributed by atoms with Crippen LogP contribution < -0.4 is 10.5 Å². The van der Waals surface area contributed by atoms with Gasteiger partial charge in [-0.25, -0.2) is 0 Å². The predicted molar refractivity (Wildman–Crippen MR) is 80.3 cm³/mol. The van der Waals surface area contributed by atoms with E-state index in [9.17, 15) is 0 Å². The summed E-state index contributed by atoms with van der Waals surface area (Å²) in [5, 5.41) is 4.27. The number of nitrogens with two attached hydrogens (primary N) is 1. The van der Waals surface area contributed by atoms with Crippen molar-refractivity contribution in [2.45, 2.75) is 38.6 Å². The summed E-state index contributed by atoms with van der Waals surface area (Å²) in [5.74, 6) is 0.986. The largest absolute Gasteiger partial charge is 0.493 e. The van der Waals surface area contributed by atoms with E-state index >= 15 is 0 Å². The number of ether oxygens (including phenoxy) is 1. The monoisotopic (exact) mass is 289 g/mol. The van der Waals surface area contributed by atoms with Crippen molar-refractivity contribution < 1.29 is 4.74 Å². The van der Waals surface area contributed by atoms with E-state index in [0.29, 0.717) is 0 Å². The highest BCUT2D eigenvalue weighted by atomic mass is 32.1. The van der Waals surface area contributed by atoms with Crippen molar-refractivity contribution in [1.29, 1.82) is 0 Å². The lowest BCUT2D eigenvalue weighted by Crippen LogP contribution is -2.19. The van der Waals surface area contributed by atoms with Crippen LogP contribution in [-0.4, -0.2) is 16.2 Å². The molecule has 2 heterocycles. The van der Waals surface area contributed by atoms with Gasteiger partial charge in [0.1, 0.15) is 5.75 Å². The number of hydrogen-bond donors (Lipinski definition) is 1. The Hall–Kier alpha value is -1.46. The van der Waals surface area contributed by atoms with Crippen molar-refractivity contribution in [3.63, 3.8) is 0 Å². The maximum atomic E-state index is 6.44. The molecular weight excluding hydrogens is 270 g/mol. The van der Waals surface area contributed by atoms with Crippen LogP contribution in [0.5, 0.6) is 5.75 Å². The molecule has 3 rings (SSSR count). The molecule has 1 aromatic heterocycles. The molecular formula is C15H19N3OS. The Kier molecular flexibility index (Phi) is 3.26.